The third kappa shape index (κ3) is 2.38. The van der Waals surface area contributed by atoms with E-state index >= 15 is 0 Å². The van der Waals surface area contributed by atoms with E-state index in [-0.39, 0.29) is 5.41 Å². The van der Waals surface area contributed by atoms with Crippen LogP contribution in [0.5, 0.6) is 0 Å². The number of esters is 2. The van der Waals surface area contributed by atoms with E-state index in [0.717, 1.165) is 44.1 Å². The number of carbonyl (C=O) groups is 2. The molecule has 0 amide bonds. The first-order chi connectivity index (χ1) is 10.5. The van der Waals surface area contributed by atoms with E-state index in [2.05, 4.69) is 13.2 Å². The monoisotopic (exact) mass is 306 g/mol. The number of allylic oxidation sites excluding steroid dienone is 2. The summed E-state index contributed by atoms with van der Waals surface area (Å²) >= 11 is 0. The molecule has 2 rings (SSSR count). The van der Waals surface area contributed by atoms with Gasteiger partial charge in [-0.25, -0.2) is 0 Å². The molecule has 2 aliphatic rings. The first-order valence-corrected chi connectivity index (χ1v) is 7.95. The molecular formula is C18H26O4. The molecule has 0 N–H and O–H groups in total. The molecule has 0 aromatic rings. The van der Waals surface area contributed by atoms with Crippen LogP contribution in [-0.4, -0.2) is 26.2 Å². The van der Waals surface area contributed by atoms with Gasteiger partial charge in [0.15, 0.2) is 5.41 Å². The lowest BCUT2D eigenvalue weighted by atomic mass is 9.69. The Kier molecular flexibility index (Phi) is 4.78. The number of carbonyl (C=O) groups excluding carboxylic acids is 2. The summed E-state index contributed by atoms with van der Waals surface area (Å²) in [5, 5.41) is 0. The van der Waals surface area contributed by atoms with Crippen LogP contribution in [0.3, 0.4) is 0 Å². The summed E-state index contributed by atoms with van der Waals surface area (Å²) in [6, 6.07) is 0. The Hall–Kier alpha value is -1.58. The Labute approximate surface area is 132 Å². The Bertz CT molecular complexity index is 477. The summed E-state index contributed by atoms with van der Waals surface area (Å²) in [7, 11) is 2.69. The molecule has 0 heterocycles. The van der Waals surface area contributed by atoms with Crippen molar-refractivity contribution in [3.05, 3.63) is 24.8 Å². The quantitative estimate of drug-likeness (QED) is 0.428. The van der Waals surface area contributed by atoms with Gasteiger partial charge in [0.2, 0.25) is 0 Å². The van der Waals surface area contributed by atoms with Crippen LogP contribution in [-0.2, 0) is 19.1 Å². The van der Waals surface area contributed by atoms with Gasteiger partial charge in [0.05, 0.1) is 14.2 Å². The van der Waals surface area contributed by atoms with Crippen LogP contribution in [0.2, 0.25) is 0 Å². The fourth-order valence-corrected chi connectivity index (χ4v) is 4.40. The van der Waals surface area contributed by atoms with Gasteiger partial charge in [-0.2, -0.15) is 0 Å². The first kappa shape index (κ1) is 16.8. The third-order valence-corrected chi connectivity index (χ3v) is 5.68. The van der Waals surface area contributed by atoms with Crippen LogP contribution >= 0.6 is 0 Å². The van der Waals surface area contributed by atoms with E-state index in [9.17, 15) is 9.59 Å². The van der Waals surface area contributed by atoms with Gasteiger partial charge in [0.25, 0.3) is 0 Å². The van der Waals surface area contributed by atoms with Gasteiger partial charge in [-0.1, -0.05) is 37.6 Å². The van der Waals surface area contributed by atoms with Crippen molar-refractivity contribution in [1.29, 1.82) is 0 Å². The van der Waals surface area contributed by atoms with E-state index in [1.165, 1.54) is 14.2 Å². The number of methoxy groups -OCH3 is 2. The molecule has 0 saturated heterocycles. The molecular weight excluding hydrogens is 280 g/mol. The molecule has 0 radical (unpaired) electrons. The Morgan fingerprint density at radius 1 is 1.23 bits per heavy atom. The summed E-state index contributed by atoms with van der Waals surface area (Å²) in [6.07, 6.45) is 8.25. The highest BCUT2D eigenvalue weighted by molar-refractivity contribution is 6.05. The van der Waals surface area contributed by atoms with Crippen molar-refractivity contribution in [2.75, 3.05) is 14.2 Å². The van der Waals surface area contributed by atoms with Crippen LogP contribution in [0, 0.1) is 16.7 Å². The molecule has 2 unspecified atom stereocenters. The van der Waals surface area contributed by atoms with E-state index < -0.39 is 17.4 Å². The van der Waals surface area contributed by atoms with E-state index in [4.69, 9.17) is 9.47 Å². The Morgan fingerprint density at radius 3 is 2.41 bits per heavy atom. The van der Waals surface area contributed by atoms with Crippen molar-refractivity contribution in [3.8, 4) is 0 Å². The molecule has 4 nitrogen and oxygen atoms in total. The minimum atomic E-state index is -1.09. The second kappa shape index (κ2) is 6.27. The SMILES string of the molecule is C=CC(=C)CCC1CCCCC12CC2(C(=O)OC)C(=O)OC. The second-order valence-electron chi connectivity index (χ2n) is 6.57. The smallest absolute Gasteiger partial charge is 0.323 e. The van der Waals surface area contributed by atoms with E-state index in [1.54, 1.807) is 6.08 Å². The fraction of sp³-hybridized carbons (Fsp3) is 0.667. The summed E-state index contributed by atoms with van der Waals surface area (Å²) in [6.45, 7) is 7.70. The summed E-state index contributed by atoms with van der Waals surface area (Å²) in [5.74, 6) is -0.543. The Balaban J connectivity index is 2.25. The molecule has 122 valence electrons. The van der Waals surface area contributed by atoms with Crippen molar-refractivity contribution >= 4 is 11.9 Å². The van der Waals surface area contributed by atoms with Gasteiger partial charge in [-0.15, -0.1) is 0 Å². The molecule has 2 saturated carbocycles. The molecule has 4 heteroatoms. The molecule has 22 heavy (non-hydrogen) atoms. The molecule has 0 aromatic carbocycles. The number of rotatable bonds is 6. The summed E-state index contributed by atoms with van der Waals surface area (Å²) in [4.78, 5) is 24.7. The van der Waals surface area contributed by atoms with Gasteiger partial charge >= 0.3 is 11.9 Å². The molecule has 2 aliphatic carbocycles. The molecule has 0 aromatic heterocycles. The fourth-order valence-electron chi connectivity index (χ4n) is 4.40. The van der Waals surface area contributed by atoms with Crippen molar-refractivity contribution in [2.24, 2.45) is 16.7 Å². The second-order valence-corrected chi connectivity index (χ2v) is 6.57. The molecule has 2 fully saturated rings. The topological polar surface area (TPSA) is 52.6 Å². The summed E-state index contributed by atoms with van der Waals surface area (Å²) < 4.78 is 9.90. The zero-order valence-corrected chi connectivity index (χ0v) is 13.7. The lowest BCUT2D eigenvalue weighted by Gasteiger charge is -2.35. The highest BCUT2D eigenvalue weighted by Gasteiger charge is 2.79. The lowest BCUT2D eigenvalue weighted by Crippen LogP contribution is -2.38. The minimum Gasteiger partial charge on any atom is -0.468 e. The van der Waals surface area contributed by atoms with Crippen LogP contribution in [0.15, 0.2) is 24.8 Å². The number of ether oxygens (including phenoxy) is 2. The largest absolute Gasteiger partial charge is 0.468 e. The standard InChI is InChI=1S/C18H26O4/c1-5-13(2)9-10-14-8-6-7-11-17(14)12-18(17,15(19)21-3)16(20)22-4/h5,14H,1-2,6-12H2,3-4H3. The van der Waals surface area contributed by atoms with Crippen LogP contribution in [0.25, 0.3) is 0 Å². The highest BCUT2D eigenvalue weighted by Crippen LogP contribution is 2.74. The van der Waals surface area contributed by atoms with Gasteiger partial charge in [0.1, 0.15) is 0 Å². The number of hydrogen-bond acceptors (Lipinski definition) is 4. The van der Waals surface area contributed by atoms with Crippen molar-refractivity contribution in [2.45, 2.75) is 44.9 Å². The van der Waals surface area contributed by atoms with Crippen molar-refractivity contribution in [3.63, 3.8) is 0 Å². The average Bonchev–Trinajstić information content (AvgIpc) is 3.22. The predicted octanol–water partition coefficient (Wildman–Crippen LogP) is 3.42. The van der Waals surface area contributed by atoms with Crippen molar-refractivity contribution < 1.29 is 19.1 Å². The van der Waals surface area contributed by atoms with Gasteiger partial charge in [-0.3, -0.25) is 9.59 Å². The third-order valence-electron chi connectivity index (χ3n) is 5.68. The van der Waals surface area contributed by atoms with Crippen molar-refractivity contribution in [1.82, 2.24) is 0 Å². The number of hydrogen-bond donors (Lipinski definition) is 0. The van der Waals surface area contributed by atoms with Gasteiger partial charge < -0.3 is 9.47 Å². The molecule has 1 spiro atoms. The van der Waals surface area contributed by atoms with Crippen LogP contribution in [0.1, 0.15) is 44.9 Å². The van der Waals surface area contributed by atoms with E-state index in [0.29, 0.717) is 12.3 Å². The molecule has 0 aliphatic heterocycles. The first-order valence-electron chi connectivity index (χ1n) is 7.95. The van der Waals surface area contributed by atoms with Gasteiger partial charge in [-0.05, 0) is 38.0 Å². The maximum Gasteiger partial charge on any atom is 0.323 e. The molecule has 0 bridgehead atoms. The maximum absolute atomic E-state index is 12.4. The average molecular weight is 306 g/mol. The van der Waals surface area contributed by atoms with Crippen LogP contribution in [0.4, 0.5) is 0 Å². The van der Waals surface area contributed by atoms with E-state index in [1.807, 2.05) is 0 Å². The summed E-state index contributed by atoms with van der Waals surface area (Å²) in [5.41, 5.74) is -0.368. The zero-order chi connectivity index (χ0) is 16.4. The van der Waals surface area contributed by atoms with Gasteiger partial charge in [0, 0.05) is 5.41 Å². The predicted molar refractivity (Wildman–Crippen MR) is 84.0 cm³/mol. The van der Waals surface area contributed by atoms with Crippen LogP contribution < -0.4 is 0 Å². The molecule has 2 atom stereocenters. The maximum atomic E-state index is 12.4. The Morgan fingerprint density at radius 2 is 1.86 bits per heavy atom. The normalized spacial score (nSPS) is 28.7. The lowest BCUT2D eigenvalue weighted by molar-refractivity contribution is -0.165. The highest BCUT2D eigenvalue weighted by atomic mass is 16.5. The minimum absolute atomic E-state index is 0.285. The zero-order valence-electron chi connectivity index (χ0n) is 13.7.